The highest BCUT2D eigenvalue weighted by Gasteiger charge is 2.22. The van der Waals surface area contributed by atoms with E-state index in [9.17, 15) is 0 Å². The molecule has 1 aromatic heterocycles. The van der Waals surface area contributed by atoms with Gasteiger partial charge in [0.25, 0.3) is 0 Å². The third-order valence-electron chi connectivity index (χ3n) is 4.26. The summed E-state index contributed by atoms with van der Waals surface area (Å²) in [7, 11) is 2.21. The molecule has 0 atom stereocenters. The van der Waals surface area contributed by atoms with Gasteiger partial charge in [-0.3, -0.25) is 0 Å². The molecule has 108 valence electrons. The van der Waals surface area contributed by atoms with E-state index < -0.39 is 0 Å². The Kier molecular flexibility index (Phi) is 3.75. The summed E-state index contributed by atoms with van der Waals surface area (Å²) >= 11 is 0. The summed E-state index contributed by atoms with van der Waals surface area (Å²) in [6.45, 7) is 2.19. The number of nitrogens with zero attached hydrogens (tertiary/aromatic N) is 2. The summed E-state index contributed by atoms with van der Waals surface area (Å²) in [5.41, 5.74) is 5.59. The largest absolute Gasteiger partial charge is 0.313 e. The quantitative estimate of drug-likeness (QED) is 0.658. The third-order valence-corrected chi connectivity index (χ3v) is 4.26. The predicted molar refractivity (Wildman–Crippen MR) is 90.6 cm³/mol. The van der Waals surface area contributed by atoms with Crippen LogP contribution in [0.4, 0.5) is 0 Å². The fourth-order valence-electron chi connectivity index (χ4n) is 3.32. The van der Waals surface area contributed by atoms with Crippen LogP contribution in [0.2, 0.25) is 0 Å². The van der Waals surface area contributed by atoms with Gasteiger partial charge < -0.3 is 9.47 Å². The Bertz CT molecular complexity index is 761. The van der Waals surface area contributed by atoms with Crippen LogP contribution < -0.4 is 0 Å². The Hall–Kier alpha value is -1.77. The number of likely N-dealkylation sites (N-methyl/N-ethyl adjacent to an activating group) is 1. The zero-order chi connectivity index (χ0) is 13.5. The van der Waals surface area contributed by atoms with Crippen LogP contribution in [0, 0.1) is 0 Å². The molecule has 0 bridgehead atoms. The van der Waals surface area contributed by atoms with E-state index >= 15 is 0 Å². The highest BCUT2D eigenvalue weighted by molar-refractivity contribution is 5.87. The molecule has 0 spiro atoms. The lowest BCUT2D eigenvalue weighted by molar-refractivity contribution is 0.311. The molecule has 0 fully saturated rings. The van der Waals surface area contributed by atoms with E-state index in [-0.39, 0.29) is 12.4 Å². The fourth-order valence-corrected chi connectivity index (χ4v) is 3.32. The molecule has 3 aromatic rings. The first kappa shape index (κ1) is 14.2. The first-order valence-electron chi connectivity index (χ1n) is 7.20. The molecule has 0 saturated heterocycles. The Morgan fingerprint density at radius 3 is 2.43 bits per heavy atom. The molecular formula is C18H19ClN2. The van der Waals surface area contributed by atoms with Gasteiger partial charge in [-0.2, -0.15) is 0 Å². The molecule has 0 amide bonds. The topological polar surface area (TPSA) is 8.17 Å². The Balaban J connectivity index is 0.00000132. The number of aromatic nitrogens is 1. The van der Waals surface area contributed by atoms with Crippen LogP contribution >= 0.6 is 12.4 Å². The molecule has 1 aliphatic heterocycles. The lowest BCUT2D eigenvalue weighted by atomic mass is 10.1. The number of halogens is 1. The van der Waals surface area contributed by atoms with Crippen LogP contribution in [0.15, 0.2) is 54.6 Å². The van der Waals surface area contributed by atoms with Crippen LogP contribution in [0.25, 0.3) is 16.6 Å². The highest BCUT2D eigenvalue weighted by Crippen LogP contribution is 2.32. The molecule has 0 aliphatic carbocycles. The van der Waals surface area contributed by atoms with Crippen LogP contribution in [0.3, 0.4) is 0 Å². The van der Waals surface area contributed by atoms with Crippen molar-refractivity contribution in [2.45, 2.75) is 13.0 Å². The first-order chi connectivity index (χ1) is 9.84. The minimum Gasteiger partial charge on any atom is -0.313 e. The van der Waals surface area contributed by atoms with Crippen molar-refractivity contribution in [3.63, 3.8) is 0 Å². The standard InChI is InChI=1S/C18H18N2.ClH/c1-19-12-11-18-16(13-19)15-9-5-6-10-17(15)20(18)14-7-3-2-4-8-14;/h2-10H,11-13H2,1H3;1H. The van der Waals surface area contributed by atoms with Gasteiger partial charge in [-0.25, -0.2) is 0 Å². The van der Waals surface area contributed by atoms with Gasteiger partial charge in [-0.05, 0) is 30.8 Å². The maximum atomic E-state index is 2.44. The van der Waals surface area contributed by atoms with Crippen LogP contribution in [-0.4, -0.2) is 23.1 Å². The van der Waals surface area contributed by atoms with Gasteiger partial charge in [-0.15, -0.1) is 12.4 Å². The monoisotopic (exact) mass is 298 g/mol. The molecule has 0 radical (unpaired) electrons. The molecule has 21 heavy (non-hydrogen) atoms. The summed E-state index contributed by atoms with van der Waals surface area (Å²) in [6, 6.07) is 19.5. The molecule has 2 heterocycles. The van der Waals surface area contributed by atoms with Crippen LogP contribution in [0.1, 0.15) is 11.3 Å². The zero-order valence-corrected chi connectivity index (χ0v) is 12.9. The van der Waals surface area contributed by atoms with E-state index in [0.717, 1.165) is 19.5 Å². The third kappa shape index (κ3) is 2.25. The van der Waals surface area contributed by atoms with Gasteiger partial charge in [0.2, 0.25) is 0 Å². The second kappa shape index (κ2) is 5.55. The molecule has 0 N–H and O–H groups in total. The first-order valence-corrected chi connectivity index (χ1v) is 7.20. The predicted octanol–water partition coefficient (Wildman–Crippen LogP) is 4.04. The molecule has 2 nitrogen and oxygen atoms in total. The molecule has 2 aromatic carbocycles. The number of rotatable bonds is 1. The number of hydrogen-bond donors (Lipinski definition) is 0. The average Bonchev–Trinajstić information content (AvgIpc) is 2.82. The van der Waals surface area contributed by atoms with E-state index in [1.165, 1.54) is 27.8 Å². The summed E-state index contributed by atoms with van der Waals surface area (Å²) in [5.74, 6) is 0. The van der Waals surface area contributed by atoms with E-state index in [4.69, 9.17) is 0 Å². The molecule has 0 unspecified atom stereocenters. The SMILES string of the molecule is CN1CCc2c(c3ccccc3n2-c2ccccc2)C1.Cl. The number of para-hydroxylation sites is 2. The molecule has 3 heteroatoms. The Morgan fingerprint density at radius 1 is 0.905 bits per heavy atom. The summed E-state index contributed by atoms with van der Waals surface area (Å²) < 4.78 is 2.44. The van der Waals surface area contributed by atoms with Crippen molar-refractivity contribution in [3.8, 4) is 5.69 Å². The smallest absolute Gasteiger partial charge is 0.0534 e. The summed E-state index contributed by atoms with van der Waals surface area (Å²) in [6.07, 6.45) is 1.12. The van der Waals surface area contributed by atoms with Gasteiger partial charge in [0.15, 0.2) is 0 Å². The van der Waals surface area contributed by atoms with Crippen molar-refractivity contribution < 1.29 is 0 Å². The zero-order valence-electron chi connectivity index (χ0n) is 12.1. The second-order valence-electron chi connectivity index (χ2n) is 5.60. The van der Waals surface area contributed by atoms with E-state index in [1.807, 2.05) is 0 Å². The van der Waals surface area contributed by atoms with Gasteiger partial charge in [0.05, 0.1) is 5.52 Å². The fraction of sp³-hybridized carbons (Fsp3) is 0.222. The summed E-state index contributed by atoms with van der Waals surface area (Å²) in [5, 5.41) is 1.40. The Labute approximate surface area is 131 Å². The van der Waals surface area contributed by atoms with Crippen molar-refractivity contribution in [1.29, 1.82) is 0 Å². The molecule has 0 saturated carbocycles. The Morgan fingerprint density at radius 2 is 1.62 bits per heavy atom. The lowest BCUT2D eigenvalue weighted by Gasteiger charge is -2.24. The van der Waals surface area contributed by atoms with Crippen LogP contribution in [-0.2, 0) is 13.0 Å². The van der Waals surface area contributed by atoms with Crippen LogP contribution in [0.5, 0.6) is 0 Å². The van der Waals surface area contributed by atoms with E-state index in [2.05, 4.69) is 71.1 Å². The van der Waals surface area contributed by atoms with Gasteiger partial charge in [-0.1, -0.05) is 36.4 Å². The maximum absolute atomic E-state index is 2.44. The van der Waals surface area contributed by atoms with E-state index in [1.54, 1.807) is 0 Å². The summed E-state index contributed by atoms with van der Waals surface area (Å²) in [4.78, 5) is 2.41. The lowest BCUT2D eigenvalue weighted by Crippen LogP contribution is -2.27. The van der Waals surface area contributed by atoms with Crippen molar-refractivity contribution in [2.24, 2.45) is 0 Å². The minimum absolute atomic E-state index is 0. The second-order valence-corrected chi connectivity index (χ2v) is 5.60. The number of benzene rings is 2. The molecule has 1 aliphatic rings. The van der Waals surface area contributed by atoms with Gasteiger partial charge >= 0.3 is 0 Å². The van der Waals surface area contributed by atoms with Gasteiger partial charge in [0.1, 0.15) is 0 Å². The molecular weight excluding hydrogens is 280 g/mol. The normalized spacial score (nSPS) is 14.7. The van der Waals surface area contributed by atoms with Crippen molar-refractivity contribution in [2.75, 3.05) is 13.6 Å². The van der Waals surface area contributed by atoms with E-state index in [0.29, 0.717) is 0 Å². The van der Waals surface area contributed by atoms with Crippen molar-refractivity contribution in [3.05, 3.63) is 65.9 Å². The van der Waals surface area contributed by atoms with Gasteiger partial charge in [0, 0.05) is 36.3 Å². The van der Waals surface area contributed by atoms with Crippen molar-refractivity contribution >= 4 is 23.3 Å². The highest BCUT2D eigenvalue weighted by atomic mass is 35.5. The molecule has 4 rings (SSSR count). The number of fused-ring (bicyclic) bond motifs is 3. The van der Waals surface area contributed by atoms with Crippen molar-refractivity contribution in [1.82, 2.24) is 9.47 Å². The number of hydrogen-bond acceptors (Lipinski definition) is 1. The maximum Gasteiger partial charge on any atom is 0.0534 e. The average molecular weight is 299 g/mol. The minimum atomic E-state index is 0.